The zero-order chi connectivity index (χ0) is 17.7. The first-order valence-electron chi connectivity index (χ1n) is 7.71. The van der Waals surface area contributed by atoms with Gasteiger partial charge in [0.1, 0.15) is 11.8 Å². The predicted molar refractivity (Wildman–Crippen MR) is 91.0 cm³/mol. The summed E-state index contributed by atoms with van der Waals surface area (Å²) in [5, 5.41) is 21.2. The second-order valence-electron chi connectivity index (χ2n) is 6.00. The third-order valence-corrected chi connectivity index (χ3v) is 3.66. The Balaban J connectivity index is 2.02. The van der Waals surface area contributed by atoms with E-state index in [1.807, 2.05) is 32.0 Å². The van der Waals surface area contributed by atoms with Gasteiger partial charge in [-0.15, -0.1) is 0 Å². The van der Waals surface area contributed by atoms with Gasteiger partial charge in [-0.05, 0) is 37.1 Å². The lowest BCUT2D eigenvalue weighted by Crippen LogP contribution is -2.43. The van der Waals surface area contributed by atoms with Crippen molar-refractivity contribution in [2.75, 3.05) is 0 Å². The number of carboxylic acids is 1. The van der Waals surface area contributed by atoms with Crippen LogP contribution in [0.3, 0.4) is 0 Å². The minimum Gasteiger partial charge on any atom is -0.508 e. The van der Waals surface area contributed by atoms with Gasteiger partial charge >= 0.3 is 5.97 Å². The molecule has 2 rings (SSSR count). The molecule has 1 atom stereocenters. The number of aromatic hydroxyl groups is 1. The van der Waals surface area contributed by atoms with E-state index in [0.717, 1.165) is 22.3 Å². The van der Waals surface area contributed by atoms with Crippen LogP contribution in [0.4, 0.5) is 0 Å². The third-order valence-electron chi connectivity index (χ3n) is 3.66. The molecule has 24 heavy (non-hydrogen) atoms. The van der Waals surface area contributed by atoms with E-state index in [4.69, 9.17) is 0 Å². The van der Waals surface area contributed by atoms with Crippen molar-refractivity contribution in [3.63, 3.8) is 0 Å². The molecule has 0 spiro atoms. The number of carbonyl (C=O) groups excluding carboxylic acids is 1. The molecule has 126 valence electrons. The summed E-state index contributed by atoms with van der Waals surface area (Å²) in [4.78, 5) is 23.6. The molecule has 0 fully saturated rings. The lowest BCUT2D eigenvalue weighted by molar-refractivity contribution is -0.141. The number of benzene rings is 2. The summed E-state index contributed by atoms with van der Waals surface area (Å²) < 4.78 is 0. The minimum atomic E-state index is -1.09. The van der Waals surface area contributed by atoms with E-state index >= 15 is 0 Å². The maximum atomic E-state index is 12.2. The van der Waals surface area contributed by atoms with E-state index in [9.17, 15) is 19.8 Å². The minimum absolute atomic E-state index is 0.115. The number of carbonyl (C=O) groups is 2. The average Bonchev–Trinajstić information content (AvgIpc) is 2.47. The number of carboxylic acid groups (broad SMARTS) is 1. The van der Waals surface area contributed by atoms with Gasteiger partial charge < -0.3 is 15.5 Å². The highest BCUT2D eigenvalue weighted by Crippen LogP contribution is 2.12. The van der Waals surface area contributed by atoms with E-state index in [0.29, 0.717) is 0 Å². The van der Waals surface area contributed by atoms with Crippen LogP contribution in [-0.2, 0) is 22.4 Å². The molecule has 3 N–H and O–H groups in total. The monoisotopic (exact) mass is 327 g/mol. The summed E-state index contributed by atoms with van der Waals surface area (Å²) in [6.07, 6.45) is 0.302. The summed E-state index contributed by atoms with van der Waals surface area (Å²) in [6, 6.07) is 11.1. The summed E-state index contributed by atoms with van der Waals surface area (Å²) in [5.41, 5.74) is 3.72. The Morgan fingerprint density at radius 3 is 2.12 bits per heavy atom. The van der Waals surface area contributed by atoms with E-state index in [1.54, 1.807) is 12.1 Å². The molecule has 0 aliphatic carbocycles. The Morgan fingerprint density at radius 2 is 1.58 bits per heavy atom. The standard InChI is InChI=1S/C19H21NO4/c1-12-7-13(2)9-15(8-12)11-18(22)20-17(19(23)24)10-14-3-5-16(21)6-4-14/h3-9,17,21H,10-11H2,1-2H3,(H,20,22)(H,23,24). The number of amides is 1. The van der Waals surface area contributed by atoms with Gasteiger partial charge in [0.05, 0.1) is 6.42 Å². The molecular weight excluding hydrogens is 306 g/mol. The van der Waals surface area contributed by atoms with Crippen LogP contribution in [0.15, 0.2) is 42.5 Å². The van der Waals surface area contributed by atoms with Crippen LogP contribution in [0.25, 0.3) is 0 Å². The predicted octanol–water partition coefficient (Wildman–Crippen LogP) is 2.36. The maximum absolute atomic E-state index is 12.2. The Morgan fingerprint density at radius 1 is 1.00 bits per heavy atom. The first-order chi connectivity index (χ1) is 11.3. The van der Waals surface area contributed by atoms with Crippen LogP contribution < -0.4 is 5.32 Å². The van der Waals surface area contributed by atoms with Crippen LogP contribution >= 0.6 is 0 Å². The number of phenols is 1. The van der Waals surface area contributed by atoms with Gasteiger partial charge in [-0.3, -0.25) is 4.79 Å². The molecular formula is C19H21NO4. The zero-order valence-corrected chi connectivity index (χ0v) is 13.7. The lowest BCUT2D eigenvalue weighted by atomic mass is 10.0. The van der Waals surface area contributed by atoms with Crippen LogP contribution in [0.2, 0.25) is 0 Å². The zero-order valence-electron chi connectivity index (χ0n) is 13.7. The molecule has 0 aliphatic rings. The number of rotatable bonds is 6. The average molecular weight is 327 g/mol. The molecule has 1 unspecified atom stereocenters. The molecule has 0 aromatic heterocycles. The van der Waals surface area contributed by atoms with Crippen molar-refractivity contribution in [3.8, 4) is 5.75 Å². The molecule has 1 amide bonds. The number of hydrogen-bond acceptors (Lipinski definition) is 3. The maximum Gasteiger partial charge on any atom is 0.326 e. The Kier molecular flexibility index (Phi) is 5.58. The summed E-state index contributed by atoms with van der Waals surface area (Å²) in [5.74, 6) is -1.30. The van der Waals surface area contributed by atoms with E-state index in [2.05, 4.69) is 5.32 Å². The molecule has 0 heterocycles. The number of nitrogens with one attached hydrogen (secondary N) is 1. The van der Waals surface area contributed by atoms with Crippen LogP contribution in [0, 0.1) is 13.8 Å². The highest BCUT2D eigenvalue weighted by atomic mass is 16.4. The molecule has 0 saturated heterocycles. The molecule has 5 heteroatoms. The molecule has 0 aliphatic heterocycles. The lowest BCUT2D eigenvalue weighted by Gasteiger charge is -2.15. The van der Waals surface area contributed by atoms with Crippen molar-refractivity contribution < 1.29 is 19.8 Å². The second-order valence-corrected chi connectivity index (χ2v) is 6.00. The molecule has 5 nitrogen and oxygen atoms in total. The topological polar surface area (TPSA) is 86.6 Å². The van der Waals surface area contributed by atoms with Gasteiger partial charge in [-0.1, -0.05) is 41.5 Å². The Labute approximate surface area is 141 Å². The van der Waals surface area contributed by atoms with Crippen molar-refractivity contribution in [2.45, 2.75) is 32.7 Å². The first-order valence-corrected chi connectivity index (χ1v) is 7.71. The summed E-state index contributed by atoms with van der Waals surface area (Å²) in [6.45, 7) is 3.92. The van der Waals surface area contributed by atoms with Gasteiger partial charge in [0.25, 0.3) is 0 Å². The Bertz CT molecular complexity index is 717. The second kappa shape index (κ2) is 7.64. The SMILES string of the molecule is Cc1cc(C)cc(CC(=O)NC(Cc2ccc(O)cc2)C(=O)O)c1. The van der Waals surface area contributed by atoms with Gasteiger partial charge in [0, 0.05) is 6.42 Å². The quantitative estimate of drug-likeness (QED) is 0.760. The smallest absolute Gasteiger partial charge is 0.326 e. The van der Waals surface area contributed by atoms with Crippen molar-refractivity contribution in [2.24, 2.45) is 0 Å². The van der Waals surface area contributed by atoms with Crippen molar-refractivity contribution in [1.29, 1.82) is 0 Å². The summed E-state index contributed by atoms with van der Waals surface area (Å²) >= 11 is 0. The van der Waals surface area contributed by atoms with Gasteiger partial charge in [0.2, 0.25) is 5.91 Å². The van der Waals surface area contributed by atoms with E-state index < -0.39 is 12.0 Å². The highest BCUT2D eigenvalue weighted by molar-refractivity contribution is 5.85. The first kappa shape index (κ1) is 17.5. The molecule has 0 saturated carbocycles. The molecule has 2 aromatic carbocycles. The van der Waals surface area contributed by atoms with Crippen molar-refractivity contribution in [1.82, 2.24) is 5.32 Å². The number of aryl methyl sites for hydroxylation is 2. The highest BCUT2D eigenvalue weighted by Gasteiger charge is 2.20. The number of phenolic OH excluding ortho intramolecular Hbond substituents is 1. The van der Waals surface area contributed by atoms with E-state index in [-0.39, 0.29) is 24.5 Å². The van der Waals surface area contributed by atoms with Crippen molar-refractivity contribution >= 4 is 11.9 Å². The molecule has 0 bridgehead atoms. The number of hydrogen-bond donors (Lipinski definition) is 3. The largest absolute Gasteiger partial charge is 0.508 e. The molecule has 2 aromatic rings. The van der Waals surface area contributed by atoms with Gasteiger partial charge in [0.15, 0.2) is 0 Å². The van der Waals surface area contributed by atoms with Crippen molar-refractivity contribution in [3.05, 3.63) is 64.7 Å². The normalized spacial score (nSPS) is 11.8. The van der Waals surface area contributed by atoms with Gasteiger partial charge in [-0.2, -0.15) is 0 Å². The van der Waals surface area contributed by atoms with Crippen LogP contribution in [0.1, 0.15) is 22.3 Å². The molecule has 0 radical (unpaired) electrons. The fraction of sp³-hybridized carbons (Fsp3) is 0.263. The number of aliphatic carboxylic acids is 1. The fourth-order valence-electron chi connectivity index (χ4n) is 2.67. The van der Waals surface area contributed by atoms with Crippen LogP contribution in [0.5, 0.6) is 5.75 Å². The summed E-state index contributed by atoms with van der Waals surface area (Å²) in [7, 11) is 0. The fourth-order valence-corrected chi connectivity index (χ4v) is 2.67. The van der Waals surface area contributed by atoms with E-state index in [1.165, 1.54) is 12.1 Å². The van der Waals surface area contributed by atoms with Gasteiger partial charge in [-0.25, -0.2) is 4.79 Å². The van der Waals surface area contributed by atoms with Crippen LogP contribution in [-0.4, -0.2) is 28.1 Å². The third kappa shape index (κ3) is 5.12. The Hall–Kier alpha value is -2.82.